The lowest BCUT2D eigenvalue weighted by molar-refractivity contribution is 0.323. The van der Waals surface area contributed by atoms with Gasteiger partial charge in [0.15, 0.2) is 0 Å². The summed E-state index contributed by atoms with van der Waals surface area (Å²) in [7, 11) is 1.66. The summed E-state index contributed by atoms with van der Waals surface area (Å²) in [5, 5.41) is 1.09. The number of pyridine rings is 1. The van der Waals surface area contributed by atoms with Crippen LogP contribution in [0.5, 0.6) is 5.75 Å². The molecule has 2 aromatic rings. The highest BCUT2D eigenvalue weighted by atomic mass is 16.5. The van der Waals surface area contributed by atoms with Crippen LogP contribution in [0.1, 0.15) is 58.9 Å². The maximum atomic E-state index is 13.1. The standard InChI is InChI=1S/C19H27NO2/c1-7-10-19(4,5)20-17-12-15(22-6)9-8-14(17)11-16(13(2)3)18(20)21/h8-9,11-13H,7,10H2,1-6H3. The molecular weight excluding hydrogens is 274 g/mol. The van der Waals surface area contributed by atoms with Gasteiger partial charge in [0.05, 0.1) is 12.6 Å². The molecule has 1 heterocycles. The molecule has 0 unspecified atom stereocenters. The first-order chi connectivity index (χ1) is 10.3. The molecule has 0 saturated carbocycles. The van der Waals surface area contributed by atoms with Crippen LogP contribution in [0.25, 0.3) is 10.9 Å². The quantitative estimate of drug-likeness (QED) is 0.803. The summed E-state index contributed by atoms with van der Waals surface area (Å²) >= 11 is 0. The summed E-state index contributed by atoms with van der Waals surface area (Å²) in [6.45, 7) is 10.6. The molecule has 0 bridgehead atoms. The third kappa shape index (κ3) is 2.90. The molecule has 22 heavy (non-hydrogen) atoms. The Kier molecular flexibility index (Phi) is 4.64. The van der Waals surface area contributed by atoms with Crippen LogP contribution < -0.4 is 10.3 Å². The predicted molar refractivity (Wildman–Crippen MR) is 93.1 cm³/mol. The van der Waals surface area contributed by atoms with Crippen LogP contribution in [0.2, 0.25) is 0 Å². The molecule has 2 rings (SSSR count). The zero-order valence-corrected chi connectivity index (χ0v) is 14.6. The number of benzene rings is 1. The van der Waals surface area contributed by atoms with Crippen LogP contribution in [0.3, 0.4) is 0 Å². The highest BCUT2D eigenvalue weighted by Gasteiger charge is 2.25. The number of ether oxygens (including phenoxy) is 1. The van der Waals surface area contributed by atoms with Gasteiger partial charge >= 0.3 is 0 Å². The Morgan fingerprint density at radius 3 is 2.45 bits per heavy atom. The molecular formula is C19H27NO2. The minimum absolute atomic E-state index is 0.120. The smallest absolute Gasteiger partial charge is 0.254 e. The summed E-state index contributed by atoms with van der Waals surface area (Å²) in [4.78, 5) is 13.1. The van der Waals surface area contributed by atoms with Crippen molar-refractivity contribution in [2.24, 2.45) is 0 Å². The molecule has 0 aliphatic carbocycles. The van der Waals surface area contributed by atoms with E-state index in [2.05, 4.69) is 34.6 Å². The lowest BCUT2D eigenvalue weighted by atomic mass is 9.95. The van der Waals surface area contributed by atoms with E-state index in [0.29, 0.717) is 0 Å². The second-order valence-electron chi connectivity index (χ2n) is 6.88. The van der Waals surface area contributed by atoms with Gasteiger partial charge in [-0.25, -0.2) is 0 Å². The van der Waals surface area contributed by atoms with Gasteiger partial charge in [0.2, 0.25) is 0 Å². The number of hydrogen-bond acceptors (Lipinski definition) is 2. The van der Waals surface area contributed by atoms with Crippen LogP contribution in [0.4, 0.5) is 0 Å². The Labute approximate surface area is 132 Å². The van der Waals surface area contributed by atoms with Crippen molar-refractivity contribution < 1.29 is 4.74 Å². The molecule has 0 fully saturated rings. The van der Waals surface area contributed by atoms with Crippen molar-refractivity contribution in [3.05, 3.63) is 40.2 Å². The van der Waals surface area contributed by atoms with Gasteiger partial charge in [-0.2, -0.15) is 0 Å². The van der Waals surface area contributed by atoms with Crippen molar-refractivity contribution in [1.29, 1.82) is 0 Å². The topological polar surface area (TPSA) is 31.2 Å². The van der Waals surface area contributed by atoms with Crippen molar-refractivity contribution in [2.45, 2.75) is 58.9 Å². The zero-order chi connectivity index (χ0) is 16.5. The first-order valence-corrected chi connectivity index (χ1v) is 8.06. The van der Waals surface area contributed by atoms with E-state index in [1.54, 1.807) is 7.11 Å². The second-order valence-corrected chi connectivity index (χ2v) is 6.88. The molecule has 0 amide bonds. The Morgan fingerprint density at radius 1 is 1.23 bits per heavy atom. The van der Waals surface area contributed by atoms with Crippen molar-refractivity contribution in [3.63, 3.8) is 0 Å². The average Bonchev–Trinajstić information content (AvgIpc) is 2.45. The summed E-state index contributed by atoms with van der Waals surface area (Å²) in [6, 6.07) is 7.99. The van der Waals surface area contributed by atoms with Crippen LogP contribution in [0.15, 0.2) is 29.1 Å². The van der Waals surface area contributed by atoms with E-state index < -0.39 is 0 Å². The van der Waals surface area contributed by atoms with Crippen LogP contribution in [-0.4, -0.2) is 11.7 Å². The largest absolute Gasteiger partial charge is 0.497 e. The molecule has 0 aliphatic heterocycles. The van der Waals surface area contributed by atoms with Crippen molar-refractivity contribution in [1.82, 2.24) is 4.57 Å². The van der Waals surface area contributed by atoms with Gasteiger partial charge in [-0.3, -0.25) is 4.79 Å². The average molecular weight is 301 g/mol. The van der Waals surface area contributed by atoms with Gasteiger partial charge < -0.3 is 9.30 Å². The normalized spacial score (nSPS) is 12.1. The lowest BCUT2D eigenvalue weighted by Crippen LogP contribution is -2.38. The fourth-order valence-electron chi connectivity index (χ4n) is 3.17. The third-order valence-electron chi connectivity index (χ3n) is 4.33. The predicted octanol–water partition coefficient (Wildman–Crippen LogP) is 4.67. The second kappa shape index (κ2) is 6.15. The Hall–Kier alpha value is -1.77. The van der Waals surface area contributed by atoms with Crippen LogP contribution in [-0.2, 0) is 5.54 Å². The van der Waals surface area contributed by atoms with E-state index in [9.17, 15) is 4.79 Å². The number of fused-ring (bicyclic) bond motifs is 1. The molecule has 0 atom stereocenters. The first-order valence-electron chi connectivity index (χ1n) is 8.06. The molecule has 0 radical (unpaired) electrons. The summed E-state index contributed by atoms with van der Waals surface area (Å²) in [5.41, 5.74) is 1.73. The maximum Gasteiger partial charge on any atom is 0.254 e. The van der Waals surface area contributed by atoms with E-state index in [4.69, 9.17) is 4.74 Å². The fraction of sp³-hybridized carbons (Fsp3) is 0.526. The summed E-state index contributed by atoms with van der Waals surface area (Å²) < 4.78 is 7.31. The van der Waals surface area contributed by atoms with Crippen molar-refractivity contribution in [2.75, 3.05) is 7.11 Å². The van der Waals surface area contributed by atoms with Gasteiger partial charge in [-0.15, -0.1) is 0 Å². The fourth-order valence-corrected chi connectivity index (χ4v) is 3.17. The zero-order valence-electron chi connectivity index (χ0n) is 14.6. The van der Waals surface area contributed by atoms with E-state index in [1.807, 2.05) is 28.8 Å². The minimum Gasteiger partial charge on any atom is -0.497 e. The first kappa shape index (κ1) is 16.6. The molecule has 0 spiro atoms. The van der Waals surface area contributed by atoms with Gasteiger partial charge in [0.1, 0.15) is 5.75 Å². The van der Waals surface area contributed by atoms with E-state index >= 15 is 0 Å². The molecule has 0 saturated heterocycles. The van der Waals surface area contributed by atoms with Gasteiger partial charge in [0, 0.05) is 17.2 Å². The SMILES string of the molecule is CCCC(C)(C)n1c(=O)c(C(C)C)cc2ccc(OC)cc21. The van der Waals surface area contributed by atoms with Crippen LogP contribution in [0, 0.1) is 0 Å². The van der Waals surface area contributed by atoms with E-state index in [-0.39, 0.29) is 17.0 Å². The highest BCUT2D eigenvalue weighted by Crippen LogP contribution is 2.29. The van der Waals surface area contributed by atoms with Gasteiger partial charge in [0.25, 0.3) is 5.56 Å². The third-order valence-corrected chi connectivity index (χ3v) is 4.33. The lowest BCUT2D eigenvalue weighted by Gasteiger charge is -2.30. The van der Waals surface area contributed by atoms with Gasteiger partial charge in [-0.05, 0) is 49.8 Å². The molecule has 0 aliphatic rings. The maximum absolute atomic E-state index is 13.1. The molecule has 3 nitrogen and oxygen atoms in total. The molecule has 1 aromatic carbocycles. The monoisotopic (exact) mass is 301 g/mol. The van der Waals surface area contributed by atoms with Gasteiger partial charge in [-0.1, -0.05) is 27.2 Å². The molecule has 1 aromatic heterocycles. The van der Waals surface area contributed by atoms with Crippen molar-refractivity contribution in [3.8, 4) is 5.75 Å². The Balaban J connectivity index is 2.89. The number of methoxy groups -OCH3 is 1. The molecule has 120 valence electrons. The van der Waals surface area contributed by atoms with E-state index in [0.717, 1.165) is 35.1 Å². The van der Waals surface area contributed by atoms with E-state index in [1.165, 1.54) is 0 Å². The number of hydrogen-bond donors (Lipinski definition) is 0. The minimum atomic E-state index is -0.221. The highest BCUT2D eigenvalue weighted by molar-refractivity contribution is 5.81. The molecule has 0 N–H and O–H groups in total. The Bertz CT molecular complexity index is 726. The number of aromatic nitrogens is 1. The number of rotatable bonds is 5. The Morgan fingerprint density at radius 2 is 1.91 bits per heavy atom. The molecule has 3 heteroatoms. The van der Waals surface area contributed by atoms with Crippen LogP contribution >= 0.6 is 0 Å². The summed E-state index contributed by atoms with van der Waals surface area (Å²) in [5.74, 6) is 0.993. The summed E-state index contributed by atoms with van der Waals surface area (Å²) in [6.07, 6.45) is 2.00. The van der Waals surface area contributed by atoms with Crippen molar-refractivity contribution >= 4 is 10.9 Å². The number of nitrogens with zero attached hydrogens (tertiary/aromatic N) is 1.